The highest BCUT2D eigenvalue weighted by molar-refractivity contribution is 7.99. The lowest BCUT2D eigenvalue weighted by Crippen LogP contribution is -2.33. The van der Waals surface area contributed by atoms with Crippen LogP contribution in [-0.2, 0) is 4.74 Å². The van der Waals surface area contributed by atoms with Gasteiger partial charge in [-0.2, -0.15) is 0 Å². The average Bonchev–Trinajstić information content (AvgIpc) is 2.33. The summed E-state index contributed by atoms with van der Waals surface area (Å²) in [5.74, 6) is 0.750. The van der Waals surface area contributed by atoms with Crippen LogP contribution in [0.25, 0.3) is 0 Å². The Morgan fingerprint density at radius 1 is 1.32 bits per heavy atom. The van der Waals surface area contributed by atoms with Gasteiger partial charge in [-0.25, -0.2) is 4.79 Å². The third kappa shape index (κ3) is 6.86. The van der Waals surface area contributed by atoms with E-state index in [0.717, 1.165) is 16.9 Å². The molecule has 1 aromatic carbocycles. The predicted octanol–water partition coefficient (Wildman–Crippen LogP) is 3.12. The van der Waals surface area contributed by atoms with Crippen LogP contribution in [0.15, 0.2) is 29.2 Å². The number of ether oxygens (including phenoxy) is 1. The molecule has 4 nitrogen and oxygen atoms in total. The minimum Gasteiger partial charge on any atom is -0.444 e. The van der Waals surface area contributed by atoms with Gasteiger partial charge >= 0.3 is 6.09 Å². The largest absolute Gasteiger partial charge is 0.444 e. The Bertz CT molecular complexity index is 423. The smallest absolute Gasteiger partial charge is 0.407 e. The molecule has 0 aliphatic heterocycles. The SMILES string of the molecule is CC(C)(C)OC(=O)NCCSc1ccc(C=O)cc1. The summed E-state index contributed by atoms with van der Waals surface area (Å²) in [5.41, 5.74) is 0.193. The monoisotopic (exact) mass is 281 g/mol. The van der Waals surface area contributed by atoms with Crippen molar-refractivity contribution < 1.29 is 14.3 Å². The maximum absolute atomic E-state index is 11.4. The van der Waals surface area contributed by atoms with Gasteiger partial charge in [-0.1, -0.05) is 12.1 Å². The van der Waals surface area contributed by atoms with Crippen molar-refractivity contribution in [1.29, 1.82) is 0 Å². The number of carbonyl (C=O) groups excluding carboxylic acids is 2. The van der Waals surface area contributed by atoms with E-state index in [1.165, 1.54) is 0 Å². The molecule has 0 atom stereocenters. The van der Waals surface area contributed by atoms with E-state index in [1.807, 2.05) is 32.9 Å². The molecular formula is C14H19NO3S. The summed E-state index contributed by atoms with van der Waals surface area (Å²) >= 11 is 1.61. The first-order chi connectivity index (χ1) is 8.90. The first-order valence-electron chi connectivity index (χ1n) is 6.05. The number of amides is 1. The van der Waals surface area contributed by atoms with Gasteiger partial charge in [0.05, 0.1) is 0 Å². The first-order valence-corrected chi connectivity index (χ1v) is 7.04. The highest BCUT2D eigenvalue weighted by Crippen LogP contribution is 2.17. The number of rotatable bonds is 5. The van der Waals surface area contributed by atoms with Gasteiger partial charge in [0, 0.05) is 22.8 Å². The van der Waals surface area contributed by atoms with Gasteiger partial charge < -0.3 is 10.1 Å². The molecule has 0 aliphatic carbocycles. The third-order valence-corrected chi connectivity index (χ3v) is 3.07. The first kappa shape index (κ1) is 15.6. The Hall–Kier alpha value is -1.49. The second kappa shape index (κ2) is 7.19. The molecule has 0 saturated heterocycles. The Kier molecular flexibility index (Phi) is 5.89. The maximum Gasteiger partial charge on any atom is 0.407 e. The highest BCUT2D eigenvalue weighted by atomic mass is 32.2. The molecule has 104 valence electrons. The maximum atomic E-state index is 11.4. The lowest BCUT2D eigenvalue weighted by molar-refractivity contribution is 0.0531. The number of carbonyl (C=O) groups is 2. The van der Waals surface area contributed by atoms with Crippen LogP contribution in [0.3, 0.4) is 0 Å². The number of aldehydes is 1. The quantitative estimate of drug-likeness (QED) is 0.512. The Labute approximate surface area is 117 Å². The van der Waals surface area contributed by atoms with Gasteiger partial charge in [0.15, 0.2) is 0 Å². The molecule has 19 heavy (non-hydrogen) atoms. The normalized spacial score (nSPS) is 10.9. The number of thioether (sulfide) groups is 1. The van der Waals surface area contributed by atoms with Gasteiger partial charge in [0.25, 0.3) is 0 Å². The van der Waals surface area contributed by atoms with E-state index in [9.17, 15) is 9.59 Å². The van der Waals surface area contributed by atoms with E-state index in [1.54, 1.807) is 23.9 Å². The summed E-state index contributed by atoms with van der Waals surface area (Å²) in [6, 6.07) is 7.33. The second-order valence-corrected chi connectivity index (χ2v) is 6.13. The number of alkyl carbamates (subject to hydrolysis) is 1. The predicted molar refractivity (Wildman–Crippen MR) is 76.8 cm³/mol. The number of hydrogen-bond donors (Lipinski definition) is 1. The van der Waals surface area contributed by atoms with E-state index in [-0.39, 0.29) is 0 Å². The molecule has 0 fully saturated rings. The van der Waals surface area contributed by atoms with Crippen molar-refractivity contribution in [3.8, 4) is 0 Å². The van der Waals surface area contributed by atoms with Crippen LogP contribution in [0.2, 0.25) is 0 Å². The summed E-state index contributed by atoms with van der Waals surface area (Å²) in [6.07, 6.45) is 0.419. The molecule has 0 heterocycles. The minimum absolute atomic E-state index is 0.399. The molecule has 0 radical (unpaired) electrons. The van der Waals surface area contributed by atoms with Crippen molar-refractivity contribution in [1.82, 2.24) is 5.32 Å². The molecule has 0 aromatic heterocycles. The second-order valence-electron chi connectivity index (χ2n) is 4.96. The van der Waals surface area contributed by atoms with E-state index in [2.05, 4.69) is 5.32 Å². The number of hydrogen-bond acceptors (Lipinski definition) is 4. The van der Waals surface area contributed by atoms with Crippen molar-refractivity contribution in [2.75, 3.05) is 12.3 Å². The van der Waals surface area contributed by atoms with Crippen LogP contribution >= 0.6 is 11.8 Å². The van der Waals surface area contributed by atoms with Crippen molar-refractivity contribution in [2.45, 2.75) is 31.3 Å². The van der Waals surface area contributed by atoms with Gasteiger partial charge in [0.1, 0.15) is 11.9 Å². The number of benzene rings is 1. The van der Waals surface area contributed by atoms with E-state index >= 15 is 0 Å². The molecule has 1 aromatic rings. The summed E-state index contributed by atoms with van der Waals surface area (Å²) < 4.78 is 5.12. The van der Waals surface area contributed by atoms with E-state index in [0.29, 0.717) is 12.1 Å². The fraction of sp³-hybridized carbons (Fsp3) is 0.429. The van der Waals surface area contributed by atoms with Crippen molar-refractivity contribution in [3.05, 3.63) is 29.8 Å². The molecular weight excluding hydrogens is 262 g/mol. The fourth-order valence-electron chi connectivity index (χ4n) is 1.28. The molecule has 0 spiro atoms. The molecule has 5 heteroatoms. The Morgan fingerprint density at radius 3 is 2.47 bits per heavy atom. The summed E-state index contributed by atoms with van der Waals surface area (Å²) in [6.45, 7) is 6.02. The Morgan fingerprint density at radius 2 is 1.95 bits per heavy atom. The zero-order valence-electron chi connectivity index (χ0n) is 11.4. The summed E-state index contributed by atoms with van der Waals surface area (Å²) in [5, 5.41) is 2.69. The molecule has 1 N–H and O–H groups in total. The van der Waals surface area contributed by atoms with Gasteiger partial charge in [-0.15, -0.1) is 11.8 Å². The van der Waals surface area contributed by atoms with Crippen molar-refractivity contribution >= 4 is 24.1 Å². The zero-order valence-corrected chi connectivity index (χ0v) is 12.3. The average molecular weight is 281 g/mol. The molecule has 1 amide bonds. The lowest BCUT2D eigenvalue weighted by Gasteiger charge is -2.19. The van der Waals surface area contributed by atoms with Crippen LogP contribution in [0.1, 0.15) is 31.1 Å². The molecule has 0 aliphatic rings. The highest BCUT2D eigenvalue weighted by Gasteiger charge is 2.15. The molecule has 0 bridgehead atoms. The molecule has 0 unspecified atom stereocenters. The topological polar surface area (TPSA) is 55.4 Å². The van der Waals surface area contributed by atoms with Crippen LogP contribution in [0, 0.1) is 0 Å². The third-order valence-electron chi connectivity index (χ3n) is 2.06. The minimum atomic E-state index is -0.470. The van der Waals surface area contributed by atoms with E-state index < -0.39 is 11.7 Å². The van der Waals surface area contributed by atoms with Gasteiger partial charge in [-0.3, -0.25) is 4.79 Å². The van der Waals surface area contributed by atoms with Crippen LogP contribution in [0.4, 0.5) is 4.79 Å². The number of nitrogens with one attached hydrogen (secondary N) is 1. The van der Waals surface area contributed by atoms with Crippen molar-refractivity contribution in [3.63, 3.8) is 0 Å². The Balaban J connectivity index is 2.23. The van der Waals surface area contributed by atoms with E-state index in [4.69, 9.17) is 4.74 Å². The fourth-order valence-corrected chi connectivity index (χ4v) is 2.05. The van der Waals surface area contributed by atoms with Gasteiger partial charge in [0.2, 0.25) is 0 Å². The molecule has 0 saturated carbocycles. The van der Waals surface area contributed by atoms with Crippen LogP contribution in [0.5, 0.6) is 0 Å². The lowest BCUT2D eigenvalue weighted by atomic mass is 10.2. The summed E-state index contributed by atoms with van der Waals surface area (Å²) in [4.78, 5) is 22.9. The zero-order chi connectivity index (χ0) is 14.3. The van der Waals surface area contributed by atoms with Gasteiger partial charge in [-0.05, 0) is 32.9 Å². The van der Waals surface area contributed by atoms with Crippen LogP contribution < -0.4 is 5.32 Å². The van der Waals surface area contributed by atoms with Crippen LogP contribution in [-0.4, -0.2) is 30.3 Å². The molecule has 1 rings (SSSR count). The van der Waals surface area contributed by atoms with Crippen molar-refractivity contribution in [2.24, 2.45) is 0 Å². The summed E-state index contributed by atoms with van der Waals surface area (Å²) in [7, 11) is 0. The standard InChI is InChI=1S/C14H19NO3S/c1-14(2,3)18-13(17)15-8-9-19-12-6-4-11(10-16)5-7-12/h4-7,10H,8-9H2,1-3H3,(H,15,17).